The molecule has 28 heavy (non-hydrogen) atoms. The molecular formula is C22H28N2O4. The van der Waals surface area contributed by atoms with Crippen molar-refractivity contribution in [2.75, 3.05) is 5.32 Å². The number of nitrogens with one attached hydrogen (secondary N) is 1. The zero-order chi connectivity index (χ0) is 21.3. The van der Waals surface area contributed by atoms with E-state index in [9.17, 15) is 20.0 Å². The summed E-state index contributed by atoms with van der Waals surface area (Å²) in [6, 6.07) is 9.34. The van der Waals surface area contributed by atoms with Crippen LogP contribution in [0.2, 0.25) is 0 Å². The number of anilines is 1. The first kappa shape index (κ1) is 21.4. The summed E-state index contributed by atoms with van der Waals surface area (Å²) in [5, 5.41) is 23.8. The van der Waals surface area contributed by atoms with Crippen molar-refractivity contribution in [3.8, 4) is 5.75 Å². The summed E-state index contributed by atoms with van der Waals surface area (Å²) in [7, 11) is 0. The van der Waals surface area contributed by atoms with Crippen molar-refractivity contribution in [1.29, 1.82) is 0 Å². The van der Waals surface area contributed by atoms with Gasteiger partial charge in [-0.3, -0.25) is 14.9 Å². The lowest BCUT2D eigenvalue weighted by Crippen LogP contribution is -2.25. The molecule has 6 nitrogen and oxygen atoms in total. The number of rotatable bonds is 5. The van der Waals surface area contributed by atoms with Crippen molar-refractivity contribution < 1.29 is 14.8 Å². The number of carbonyl (C=O) groups excluding carboxylic acids is 1. The van der Waals surface area contributed by atoms with Crippen molar-refractivity contribution in [1.82, 2.24) is 0 Å². The Hall–Kier alpha value is -2.89. The topological polar surface area (TPSA) is 92.5 Å². The number of nitro benzene ring substituents is 1. The van der Waals surface area contributed by atoms with Gasteiger partial charge in [-0.1, -0.05) is 40.7 Å². The lowest BCUT2D eigenvalue weighted by atomic mass is 9.72. The van der Waals surface area contributed by atoms with E-state index in [1.807, 2.05) is 6.07 Å². The predicted molar refractivity (Wildman–Crippen MR) is 111 cm³/mol. The van der Waals surface area contributed by atoms with E-state index >= 15 is 0 Å². The molecule has 0 spiro atoms. The zero-order valence-electron chi connectivity index (χ0n) is 17.3. The van der Waals surface area contributed by atoms with Crippen LogP contribution in [0.1, 0.15) is 62.5 Å². The number of phenols is 1. The van der Waals surface area contributed by atoms with Crippen molar-refractivity contribution in [3.63, 3.8) is 0 Å². The molecule has 2 aromatic carbocycles. The summed E-state index contributed by atoms with van der Waals surface area (Å²) in [6.07, 6.45) is 0.910. The van der Waals surface area contributed by atoms with E-state index in [0.29, 0.717) is 11.3 Å². The van der Waals surface area contributed by atoms with Gasteiger partial charge >= 0.3 is 0 Å². The van der Waals surface area contributed by atoms with Gasteiger partial charge in [-0.15, -0.1) is 0 Å². The molecule has 0 aliphatic rings. The number of nitro groups is 1. The van der Waals surface area contributed by atoms with Gasteiger partial charge in [-0.05, 0) is 53.5 Å². The fraction of sp³-hybridized carbons (Fsp3) is 0.409. The number of hydrogen-bond acceptors (Lipinski definition) is 4. The third-order valence-electron chi connectivity index (χ3n) is 4.66. The Labute approximate surface area is 165 Å². The summed E-state index contributed by atoms with van der Waals surface area (Å²) in [4.78, 5) is 23.2. The lowest BCUT2D eigenvalue weighted by Gasteiger charge is -2.33. The Morgan fingerprint density at radius 2 is 1.75 bits per heavy atom. The first-order valence-electron chi connectivity index (χ1n) is 9.20. The van der Waals surface area contributed by atoms with Crippen molar-refractivity contribution in [2.24, 2.45) is 5.41 Å². The number of hydrogen-bond donors (Lipinski definition) is 2. The van der Waals surface area contributed by atoms with Gasteiger partial charge in [0.15, 0.2) is 0 Å². The number of amides is 1. The Bertz CT molecular complexity index is 911. The Morgan fingerprint density at radius 3 is 2.29 bits per heavy atom. The molecule has 0 bridgehead atoms. The van der Waals surface area contributed by atoms with Crippen LogP contribution in [0.15, 0.2) is 36.4 Å². The second-order valence-electron chi connectivity index (χ2n) is 9.06. The van der Waals surface area contributed by atoms with Crippen LogP contribution < -0.4 is 5.32 Å². The molecule has 0 aliphatic heterocycles. The molecule has 0 unspecified atom stereocenters. The number of phenolic OH excluding ortho intramolecular Hbond substituents is 1. The second kappa shape index (κ2) is 7.62. The quantitative estimate of drug-likeness (QED) is 0.520. The molecule has 1 amide bonds. The molecule has 2 rings (SSSR count). The molecule has 0 heterocycles. The van der Waals surface area contributed by atoms with Crippen LogP contribution in [0.4, 0.5) is 11.4 Å². The number of aryl methyl sites for hydroxylation is 1. The average Bonchev–Trinajstić information content (AvgIpc) is 2.54. The highest BCUT2D eigenvalue weighted by Gasteiger charge is 2.28. The molecule has 2 aromatic rings. The highest BCUT2D eigenvalue weighted by molar-refractivity contribution is 6.06. The van der Waals surface area contributed by atoms with Crippen molar-refractivity contribution in [2.45, 2.75) is 53.4 Å². The van der Waals surface area contributed by atoms with E-state index in [2.05, 4.69) is 39.9 Å². The Balaban J connectivity index is 2.32. The van der Waals surface area contributed by atoms with Gasteiger partial charge in [-0.25, -0.2) is 0 Å². The summed E-state index contributed by atoms with van der Waals surface area (Å²) >= 11 is 0. The van der Waals surface area contributed by atoms with Crippen LogP contribution in [0.3, 0.4) is 0 Å². The number of aromatic hydroxyl groups is 1. The minimum Gasteiger partial charge on any atom is -0.507 e. The molecule has 150 valence electrons. The molecular weight excluding hydrogens is 356 g/mol. The van der Waals surface area contributed by atoms with Crippen LogP contribution in [-0.2, 0) is 5.41 Å². The Kier molecular flexibility index (Phi) is 5.83. The first-order chi connectivity index (χ1) is 12.8. The van der Waals surface area contributed by atoms with Gasteiger partial charge in [-0.2, -0.15) is 0 Å². The fourth-order valence-corrected chi connectivity index (χ4v) is 3.66. The SMILES string of the molecule is Cc1cc([N+](=O)[O-])ccc1NC(=O)c1cc(C(C)(C)CC(C)(C)C)ccc1O. The van der Waals surface area contributed by atoms with Crippen molar-refractivity contribution in [3.05, 3.63) is 63.2 Å². The Morgan fingerprint density at radius 1 is 1.11 bits per heavy atom. The smallest absolute Gasteiger partial charge is 0.269 e. The molecule has 0 fully saturated rings. The first-order valence-corrected chi connectivity index (χ1v) is 9.20. The van der Waals surface area contributed by atoms with Crippen LogP contribution in [0, 0.1) is 22.5 Å². The van der Waals surface area contributed by atoms with Crippen LogP contribution in [0.25, 0.3) is 0 Å². The molecule has 0 radical (unpaired) electrons. The fourth-order valence-electron chi connectivity index (χ4n) is 3.66. The zero-order valence-corrected chi connectivity index (χ0v) is 17.3. The maximum atomic E-state index is 12.8. The van der Waals surface area contributed by atoms with Crippen molar-refractivity contribution >= 4 is 17.3 Å². The molecule has 0 saturated carbocycles. The van der Waals surface area contributed by atoms with Gasteiger partial charge in [0.1, 0.15) is 5.75 Å². The van der Waals surface area contributed by atoms with E-state index in [4.69, 9.17) is 0 Å². The standard InChI is InChI=1S/C22H28N2O4/c1-14-11-16(24(27)28)8-9-18(14)23-20(26)17-12-15(7-10-19(17)25)22(5,6)13-21(2,3)4/h7-12,25H,13H2,1-6H3,(H,23,26). The highest BCUT2D eigenvalue weighted by Crippen LogP contribution is 2.37. The number of carbonyl (C=O) groups is 1. The van der Waals surface area contributed by atoms with Gasteiger partial charge in [0.2, 0.25) is 0 Å². The summed E-state index contributed by atoms with van der Waals surface area (Å²) in [5.41, 5.74) is 2.08. The van der Waals surface area contributed by atoms with Crippen LogP contribution in [0.5, 0.6) is 5.75 Å². The molecule has 0 aliphatic carbocycles. The number of benzene rings is 2. The van der Waals surface area contributed by atoms with E-state index in [-0.39, 0.29) is 27.8 Å². The number of nitrogens with zero attached hydrogens (tertiary/aromatic N) is 1. The maximum Gasteiger partial charge on any atom is 0.269 e. The van der Waals surface area contributed by atoms with Gasteiger partial charge in [0.25, 0.3) is 11.6 Å². The largest absolute Gasteiger partial charge is 0.507 e. The summed E-state index contributed by atoms with van der Waals surface area (Å²) in [6.45, 7) is 12.4. The molecule has 2 N–H and O–H groups in total. The summed E-state index contributed by atoms with van der Waals surface area (Å²) in [5.74, 6) is -0.560. The maximum absolute atomic E-state index is 12.8. The normalized spacial score (nSPS) is 11.9. The minimum atomic E-state index is -0.481. The van der Waals surface area contributed by atoms with E-state index in [1.54, 1.807) is 13.0 Å². The van der Waals surface area contributed by atoms with E-state index in [1.165, 1.54) is 24.3 Å². The molecule has 0 atom stereocenters. The monoisotopic (exact) mass is 384 g/mol. The van der Waals surface area contributed by atoms with E-state index < -0.39 is 10.8 Å². The summed E-state index contributed by atoms with van der Waals surface area (Å²) < 4.78 is 0. The third kappa shape index (κ3) is 5.09. The minimum absolute atomic E-state index is 0.0377. The van der Waals surface area contributed by atoms with Gasteiger partial charge in [0, 0.05) is 17.8 Å². The second-order valence-corrected chi connectivity index (χ2v) is 9.06. The molecule has 6 heteroatoms. The highest BCUT2D eigenvalue weighted by atomic mass is 16.6. The van der Waals surface area contributed by atoms with Gasteiger partial charge < -0.3 is 10.4 Å². The van der Waals surface area contributed by atoms with Crippen LogP contribution in [-0.4, -0.2) is 15.9 Å². The third-order valence-corrected chi connectivity index (χ3v) is 4.66. The van der Waals surface area contributed by atoms with Crippen LogP contribution >= 0.6 is 0 Å². The predicted octanol–water partition coefficient (Wildman–Crippen LogP) is 5.57. The van der Waals surface area contributed by atoms with Gasteiger partial charge in [0.05, 0.1) is 10.5 Å². The lowest BCUT2D eigenvalue weighted by molar-refractivity contribution is -0.384. The molecule has 0 saturated heterocycles. The average molecular weight is 384 g/mol. The number of non-ortho nitro benzene ring substituents is 1. The molecule has 0 aromatic heterocycles. The van der Waals surface area contributed by atoms with E-state index in [0.717, 1.165) is 12.0 Å².